The zero-order valence-corrected chi connectivity index (χ0v) is 13.0. The molecule has 0 aliphatic heterocycles. The van der Waals surface area contributed by atoms with Gasteiger partial charge >= 0.3 is 0 Å². The van der Waals surface area contributed by atoms with E-state index in [2.05, 4.69) is 37.0 Å². The predicted octanol–water partition coefficient (Wildman–Crippen LogP) is 5.08. The van der Waals surface area contributed by atoms with Gasteiger partial charge in [-0.25, -0.2) is 0 Å². The van der Waals surface area contributed by atoms with E-state index in [0.717, 1.165) is 23.4 Å². The fourth-order valence-electron chi connectivity index (χ4n) is 2.17. The summed E-state index contributed by atoms with van der Waals surface area (Å²) in [5, 5.41) is 4.17. The third-order valence-corrected chi connectivity index (χ3v) is 3.48. The molecule has 0 spiro atoms. The van der Waals surface area contributed by atoms with Gasteiger partial charge in [0.05, 0.1) is 0 Å². The molecule has 0 bridgehead atoms. The van der Waals surface area contributed by atoms with Crippen LogP contribution in [0.15, 0.2) is 55.1 Å². The van der Waals surface area contributed by atoms with Crippen LogP contribution in [0.2, 0.25) is 5.02 Å². The zero-order valence-electron chi connectivity index (χ0n) is 12.2. The molecule has 0 aliphatic rings. The average Bonchev–Trinajstić information content (AvgIpc) is 2.52. The molecule has 0 heterocycles. The molecule has 21 heavy (non-hydrogen) atoms. The first-order valence-electron chi connectivity index (χ1n) is 7.08. The molecule has 110 valence electrons. The minimum absolute atomic E-state index is 0.486. The first-order valence-corrected chi connectivity index (χ1v) is 7.46. The maximum absolute atomic E-state index is 6.09. The Morgan fingerprint density at radius 3 is 2.76 bits per heavy atom. The second kappa shape index (κ2) is 7.75. The maximum atomic E-state index is 6.09. The van der Waals surface area contributed by atoms with Gasteiger partial charge in [0, 0.05) is 22.8 Å². The summed E-state index contributed by atoms with van der Waals surface area (Å²) < 4.78 is 5.67. The lowest BCUT2D eigenvalue weighted by Gasteiger charge is -2.14. The van der Waals surface area contributed by atoms with E-state index in [1.807, 2.05) is 24.3 Å². The van der Waals surface area contributed by atoms with E-state index in [-0.39, 0.29) is 0 Å². The number of aryl methyl sites for hydroxylation is 1. The Kier molecular flexibility index (Phi) is 5.70. The number of para-hydroxylation sites is 1. The SMILES string of the molecule is C=CCOc1ccc(Cl)cc1CNc1ccccc1CC. The van der Waals surface area contributed by atoms with E-state index in [1.165, 1.54) is 5.56 Å². The van der Waals surface area contributed by atoms with Gasteiger partial charge in [0.25, 0.3) is 0 Å². The molecule has 2 nitrogen and oxygen atoms in total. The number of benzene rings is 2. The normalized spacial score (nSPS) is 10.2. The molecule has 0 aliphatic carbocycles. The quantitative estimate of drug-likeness (QED) is 0.720. The molecule has 2 aromatic carbocycles. The molecule has 2 rings (SSSR count). The third kappa shape index (κ3) is 4.27. The van der Waals surface area contributed by atoms with Crippen LogP contribution >= 0.6 is 11.6 Å². The molecule has 0 unspecified atom stereocenters. The number of anilines is 1. The van der Waals surface area contributed by atoms with Gasteiger partial charge in [0.1, 0.15) is 12.4 Å². The summed E-state index contributed by atoms with van der Waals surface area (Å²) in [6, 6.07) is 14.0. The Labute approximate surface area is 131 Å². The lowest BCUT2D eigenvalue weighted by atomic mass is 10.1. The van der Waals surface area contributed by atoms with E-state index in [1.54, 1.807) is 6.08 Å². The molecule has 0 radical (unpaired) electrons. The molecule has 1 N–H and O–H groups in total. The number of hydrogen-bond acceptors (Lipinski definition) is 2. The van der Waals surface area contributed by atoms with Crippen LogP contribution in [0.25, 0.3) is 0 Å². The summed E-state index contributed by atoms with van der Waals surface area (Å²) >= 11 is 6.09. The summed E-state index contributed by atoms with van der Waals surface area (Å²) in [6.07, 6.45) is 2.73. The van der Waals surface area contributed by atoms with Gasteiger partial charge in [-0.3, -0.25) is 0 Å². The topological polar surface area (TPSA) is 21.3 Å². The van der Waals surface area contributed by atoms with Crippen LogP contribution < -0.4 is 10.1 Å². The Bertz CT molecular complexity index is 610. The van der Waals surface area contributed by atoms with Gasteiger partial charge in [0.2, 0.25) is 0 Å². The van der Waals surface area contributed by atoms with Gasteiger partial charge in [0.15, 0.2) is 0 Å². The van der Waals surface area contributed by atoms with Gasteiger partial charge in [-0.2, -0.15) is 0 Å². The molecule has 0 amide bonds. The van der Waals surface area contributed by atoms with Crippen LogP contribution in [-0.4, -0.2) is 6.61 Å². The highest BCUT2D eigenvalue weighted by Gasteiger charge is 2.06. The number of nitrogens with one attached hydrogen (secondary N) is 1. The second-order valence-electron chi connectivity index (χ2n) is 4.72. The lowest BCUT2D eigenvalue weighted by molar-refractivity contribution is 0.359. The third-order valence-electron chi connectivity index (χ3n) is 3.25. The smallest absolute Gasteiger partial charge is 0.124 e. The van der Waals surface area contributed by atoms with Crippen LogP contribution in [-0.2, 0) is 13.0 Å². The van der Waals surface area contributed by atoms with Crippen molar-refractivity contribution >= 4 is 17.3 Å². The first kappa shape index (κ1) is 15.5. The maximum Gasteiger partial charge on any atom is 0.124 e. The number of hydrogen-bond donors (Lipinski definition) is 1. The van der Waals surface area contributed by atoms with Crippen LogP contribution in [0, 0.1) is 0 Å². The molecule has 0 saturated heterocycles. The number of rotatable bonds is 7. The molecule has 0 saturated carbocycles. The Balaban J connectivity index is 2.14. The molecule has 0 aromatic heterocycles. The second-order valence-corrected chi connectivity index (χ2v) is 5.15. The Morgan fingerprint density at radius 2 is 2.00 bits per heavy atom. The van der Waals surface area contributed by atoms with Crippen molar-refractivity contribution in [2.75, 3.05) is 11.9 Å². The fraction of sp³-hybridized carbons (Fsp3) is 0.222. The minimum Gasteiger partial charge on any atom is -0.489 e. The average molecular weight is 302 g/mol. The van der Waals surface area contributed by atoms with Crippen LogP contribution in [0.3, 0.4) is 0 Å². The van der Waals surface area contributed by atoms with E-state index < -0.39 is 0 Å². The van der Waals surface area contributed by atoms with Crippen molar-refractivity contribution in [3.63, 3.8) is 0 Å². The van der Waals surface area contributed by atoms with Crippen molar-refractivity contribution in [1.82, 2.24) is 0 Å². The highest BCUT2D eigenvalue weighted by atomic mass is 35.5. The van der Waals surface area contributed by atoms with E-state index in [9.17, 15) is 0 Å². The molecule has 0 atom stereocenters. The van der Waals surface area contributed by atoms with Crippen LogP contribution in [0.4, 0.5) is 5.69 Å². The van der Waals surface area contributed by atoms with Crippen LogP contribution in [0.1, 0.15) is 18.1 Å². The summed E-state index contributed by atoms with van der Waals surface area (Å²) in [5.74, 6) is 0.834. The minimum atomic E-state index is 0.486. The number of ether oxygens (including phenoxy) is 1. The fourth-order valence-corrected chi connectivity index (χ4v) is 2.36. The number of halogens is 1. The van der Waals surface area contributed by atoms with E-state index >= 15 is 0 Å². The van der Waals surface area contributed by atoms with Gasteiger partial charge < -0.3 is 10.1 Å². The summed E-state index contributed by atoms with van der Waals surface area (Å²) in [6.45, 7) is 6.98. The molecule has 0 fully saturated rings. The van der Waals surface area contributed by atoms with Crippen molar-refractivity contribution in [1.29, 1.82) is 0 Å². The highest BCUT2D eigenvalue weighted by Crippen LogP contribution is 2.25. The standard InChI is InChI=1S/C18H20ClNO/c1-3-11-21-18-10-9-16(19)12-15(18)13-20-17-8-6-5-7-14(17)4-2/h3,5-10,12,20H,1,4,11,13H2,2H3. The molecular weight excluding hydrogens is 282 g/mol. The van der Waals surface area contributed by atoms with Gasteiger partial charge in [-0.1, -0.05) is 49.4 Å². The van der Waals surface area contributed by atoms with Crippen molar-refractivity contribution in [2.45, 2.75) is 19.9 Å². The summed E-state index contributed by atoms with van der Waals surface area (Å²) in [4.78, 5) is 0. The van der Waals surface area contributed by atoms with E-state index in [0.29, 0.717) is 18.2 Å². The Hall–Kier alpha value is -1.93. The van der Waals surface area contributed by atoms with Gasteiger partial charge in [-0.15, -0.1) is 0 Å². The molecule has 2 aromatic rings. The Morgan fingerprint density at radius 1 is 1.19 bits per heavy atom. The largest absolute Gasteiger partial charge is 0.489 e. The highest BCUT2D eigenvalue weighted by molar-refractivity contribution is 6.30. The monoisotopic (exact) mass is 301 g/mol. The van der Waals surface area contributed by atoms with Crippen molar-refractivity contribution in [3.8, 4) is 5.75 Å². The van der Waals surface area contributed by atoms with Crippen molar-refractivity contribution in [3.05, 3.63) is 71.3 Å². The lowest BCUT2D eigenvalue weighted by Crippen LogP contribution is -2.05. The zero-order chi connectivity index (χ0) is 15.1. The summed E-state index contributed by atoms with van der Waals surface area (Å²) in [7, 11) is 0. The summed E-state index contributed by atoms with van der Waals surface area (Å²) in [5.41, 5.74) is 3.48. The predicted molar refractivity (Wildman–Crippen MR) is 90.3 cm³/mol. The van der Waals surface area contributed by atoms with Crippen molar-refractivity contribution < 1.29 is 4.74 Å². The van der Waals surface area contributed by atoms with E-state index in [4.69, 9.17) is 16.3 Å². The van der Waals surface area contributed by atoms with Gasteiger partial charge in [-0.05, 0) is 36.2 Å². The molecule has 3 heteroatoms. The molecular formula is C18H20ClNO. The first-order chi connectivity index (χ1) is 10.2. The van der Waals surface area contributed by atoms with Crippen LogP contribution in [0.5, 0.6) is 5.75 Å². The van der Waals surface area contributed by atoms with Crippen molar-refractivity contribution in [2.24, 2.45) is 0 Å².